The van der Waals surface area contributed by atoms with Crippen LogP contribution >= 0.6 is 0 Å². The average Bonchev–Trinajstić information content (AvgIpc) is 2.61. The molecule has 1 aromatic rings. The molecule has 0 N–H and O–H groups in total. The van der Waals surface area contributed by atoms with E-state index in [1.165, 1.54) is 16.7 Å². The van der Waals surface area contributed by atoms with Gasteiger partial charge in [-0.15, -0.1) is 0 Å². The Morgan fingerprint density at radius 2 is 2.12 bits per heavy atom. The normalized spacial score (nSPS) is 14.1. The highest BCUT2D eigenvalue weighted by atomic mass is 16.6. The van der Waals surface area contributed by atoms with Gasteiger partial charge in [-0.2, -0.15) is 0 Å². The minimum absolute atomic E-state index is 0.0580. The van der Waals surface area contributed by atoms with Gasteiger partial charge >= 0.3 is 6.09 Å². The first-order valence-electron chi connectivity index (χ1n) is 5.61. The van der Waals surface area contributed by atoms with Crippen LogP contribution in [0.5, 0.6) is 0 Å². The van der Waals surface area contributed by atoms with Crippen molar-refractivity contribution < 1.29 is 9.53 Å². The predicted molar refractivity (Wildman–Crippen MR) is 62.0 cm³/mol. The molecule has 2 rings (SSSR count). The lowest BCUT2D eigenvalue weighted by Gasteiger charge is -2.17. The van der Waals surface area contributed by atoms with Gasteiger partial charge in [-0.1, -0.05) is 18.2 Å². The number of benzene rings is 1. The Balaban J connectivity index is 2.11. The minimum atomic E-state index is -0.217. The summed E-state index contributed by atoms with van der Waals surface area (Å²) in [6.07, 6.45) is -0.275. The SMILES string of the molecule is Cc1cccc2c1CN(C(=O)OC(C)C)C2. The maximum Gasteiger partial charge on any atom is 0.410 e. The number of hydrogen-bond donors (Lipinski definition) is 0. The van der Waals surface area contributed by atoms with Crippen LogP contribution in [0.2, 0.25) is 0 Å². The van der Waals surface area contributed by atoms with Crippen LogP contribution in [-0.2, 0) is 17.8 Å². The quantitative estimate of drug-likeness (QED) is 0.726. The Morgan fingerprint density at radius 3 is 2.75 bits per heavy atom. The lowest BCUT2D eigenvalue weighted by atomic mass is 10.1. The van der Waals surface area contributed by atoms with Gasteiger partial charge in [-0.3, -0.25) is 4.90 Å². The second-order valence-electron chi connectivity index (χ2n) is 4.50. The highest BCUT2D eigenvalue weighted by Crippen LogP contribution is 2.26. The molecule has 0 radical (unpaired) electrons. The number of nitrogens with zero attached hydrogens (tertiary/aromatic N) is 1. The van der Waals surface area contributed by atoms with E-state index in [0.717, 1.165) is 0 Å². The third kappa shape index (κ3) is 2.03. The molecule has 0 aliphatic carbocycles. The number of hydrogen-bond acceptors (Lipinski definition) is 2. The lowest BCUT2D eigenvalue weighted by molar-refractivity contribution is 0.0760. The Morgan fingerprint density at radius 1 is 1.38 bits per heavy atom. The Hall–Kier alpha value is -1.51. The molecule has 0 spiro atoms. The maximum atomic E-state index is 11.7. The van der Waals surface area contributed by atoms with Gasteiger partial charge in [0.2, 0.25) is 0 Å². The Kier molecular flexibility index (Phi) is 2.86. The molecule has 16 heavy (non-hydrogen) atoms. The summed E-state index contributed by atoms with van der Waals surface area (Å²) in [6, 6.07) is 6.19. The number of rotatable bonds is 1. The molecular weight excluding hydrogens is 202 g/mol. The largest absolute Gasteiger partial charge is 0.447 e. The van der Waals surface area contributed by atoms with Gasteiger partial charge < -0.3 is 4.74 Å². The monoisotopic (exact) mass is 219 g/mol. The van der Waals surface area contributed by atoms with Gasteiger partial charge in [0.05, 0.1) is 6.10 Å². The maximum absolute atomic E-state index is 11.7. The molecule has 0 fully saturated rings. The van der Waals surface area contributed by atoms with E-state index in [1.54, 1.807) is 4.90 Å². The molecule has 0 aromatic heterocycles. The molecule has 1 heterocycles. The van der Waals surface area contributed by atoms with Gasteiger partial charge in [-0.25, -0.2) is 4.79 Å². The van der Waals surface area contributed by atoms with Crippen molar-refractivity contribution in [1.29, 1.82) is 0 Å². The Labute approximate surface area is 96.0 Å². The molecule has 0 saturated carbocycles. The minimum Gasteiger partial charge on any atom is -0.447 e. The average molecular weight is 219 g/mol. The standard InChI is InChI=1S/C13H17NO2/c1-9(2)16-13(15)14-7-11-6-4-5-10(3)12(11)8-14/h4-6,9H,7-8H2,1-3H3. The molecule has 0 saturated heterocycles. The summed E-state index contributed by atoms with van der Waals surface area (Å²) in [5.74, 6) is 0. The molecule has 0 unspecified atom stereocenters. The van der Waals surface area contributed by atoms with Crippen LogP contribution in [0, 0.1) is 6.92 Å². The molecule has 3 heteroatoms. The summed E-state index contributed by atoms with van der Waals surface area (Å²) in [4.78, 5) is 13.5. The summed E-state index contributed by atoms with van der Waals surface area (Å²) < 4.78 is 5.19. The van der Waals surface area contributed by atoms with E-state index in [0.29, 0.717) is 13.1 Å². The molecule has 1 aliphatic heterocycles. The molecule has 0 atom stereocenters. The van der Waals surface area contributed by atoms with Crippen LogP contribution in [0.25, 0.3) is 0 Å². The lowest BCUT2D eigenvalue weighted by Crippen LogP contribution is -2.28. The van der Waals surface area contributed by atoms with Gasteiger partial charge in [0.1, 0.15) is 0 Å². The van der Waals surface area contributed by atoms with Crippen molar-refractivity contribution in [2.24, 2.45) is 0 Å². The second kappa shape index (κ2) is 4.16. The first-order valence-corrected chi connectivity index (χ1v) is 5.61. The summed E-state index contributed by atoms with van der Waals surface area (Å²) in [6.45, 7) is 7.16. The number of fused-ring (bicyclic) bond motifs is 1. The summed E-state index contributed by atoms with van der Waals surface area (Å²) >= 11 is 0. The number of carbonyl (C=O) groups excluding carboxylic acids is 1. The van der Waals surface area contributed by atoms with Crippen LogP contribution < -0.4 is 0 Å². The van der Waals surface area contributed by atoms with Crippen molar-refractivity contribution in [1.82, 2.24) is 4.90 Å². The van der Waals surface area contributed by atoms with Crippen molar-refractivity contribution in [2.45, 2.75) is 40.0 Å². The van der Waals surface area contributed by atoms with Crippen molar-refractivity contribution >= 4 is 6.09 Å². The number of carbonyl (C=O) groups is 1. The summed E-state index contributed by atoms with van der Waals surface area (Å²) in [5, 5.41) is 0. The molecule has 1 amide bonds. The zero-order valence-electron chi connectivity index (χ0n) is 9.99. The number of aryl methyl sites for hydroxylation is 1. The molecule has 1 aromatic carbocycles. The predicted octanol–water partition coefficient (Wildman–Crippen LogP) is 2.86. The fourth-order valence-corrected chi connectivity index (χ4v) is 2.00. The zero-order valence-corrected chi connectivity index (χ0v) is 9.99. The molecule has 0 bridgehead atoms. The van der Waals surface area contributed by atoms with Crippen LogP contribution in [0.1, 0.15) is 30.5 Å². The van der Waals surface area contributed by atoms with Crippen LogP contribution in [0.4, 0.5) is 4.79 Å². The smallest absolute Gasteiger partial charge is 0.410 e. The number of ether oxygens (including phenoxy) is 1. The van der Waals surface area contributed by atoms with Gasteiger partial charge in [0, 0.05) is 13.1 Å². The van der Waals surface area contributed by atoms with Gasteiger partial charge in [0.25, 0.3) is 0 Å². The second-order valence-corrected chi connectivity index (χ2v) is 4.50. The zero-order chi connectivity index (χ0) is 11.7. The van der Waals surface area contributed by atoms with E-state index < -0.39 is 0 Å². The summed E-state index contributed by atoms with van der Waals surface area (Å²) in [7, 11) is 0. The highest BCUT2D eigenvalue weighted by Gasteiger charge is 2.25. The third-order valence-electron chi connectivity index (χ3n) is 2.81. The van der Waals surface area contributed by atoms with Gasteiger partial charge in [0.15, 0.2) is 0 Å². The van der Waals surface area contributed by atoms with E-state index in [2.05, 4.69) is 19.1 Å². The van der Waals surface area contributed by atoms with E-state index in [1.807, 2.05) is 19.9 Å². The van der Waals surface area contributed by atoms with E-state index in [-0.39, 0.29) is 12.2 Å². The molecule has 1 aliphatic rings. The van der Waals surface area contributed by atoms with Crippen molar-refractivity contribution in [2.75, 3.05) is 0 Å². The fourth-order valence-electron chi connectivity index (χ4n) is 2.00. The number of amides is 1. The van der Waals surface area contributed by atoms with Crippen molar-refractivity contribution in [3.05, 3.63) is 34.9 Å². The van der Waals surface area contributed by atoms with E-state index in [4.69, 9.17) is 4.74 Å². The van der Waals surface area contributed by atoms with E-state index in [9.17, 15) is 4.79 Å². The van der Waals surface area contributed by atoms with Crippen molar-refractivity contribution in [3.63, 3.8) is 0 Å². The van der Waals surface area contributed by atoms with Crippen molar-refractivity contribution in [3.8, 4) is 0 Å². The summed E-state index contributed by atoms with van der Waals surface area (Å²) in [5.41, 5.74) is 3.75. The molecular formula is C13H17NO2. The molecule has 86 valence electrons. The first kappa shape index (κ1) is 11.0. The fraction of sp³-hybridized carbons (Fsp3) is 0.462. The van der Waals surface area contributed by atoms with Gasteiger partial charge in [-0.05, 0) is 37.5 Å². The topological polar surface area (TPSA) is 29.5 Å². The highest BCUT2D eigenvalue weighted by molar-refractivity contribution is 5.69. The first-order chi connectivity index (χ1) is 7.58. The third-order valence-corrected chi connectivity index (χ3v) is 2.81. The molecule has 3 nitrogen and oxygen atoms in total. The Bertz CT molecular complexity index is 412. The van der Waals surface area contributed by atoms with Crippen LogP contribution in [-0.4, -0.2) is 17.1 Å². The van der Waals surface area contributed by atoms with Crippen LogP contribution in [0.15, 0.2) is 18.2 Å². The van der Waals surface area contributed by atoms with Crippen LogP contribution in [0.3, 0.4) is 0 Å². The van der Waals surface area contributed by atoms with E-state index >= 15 is 0 Å².